The molecule has 0 aromatic carbocycles. The van der Waals surface area contributed by atoms with E-state index < -0.39 is 0 Å². The van der Waals surface area contributed by atoms with Crippen LogP contribution in [0, 0.1) is 11.3 Å². The molecule has 0 aromatic heterocycles. The van der Waals surface area contributed by atoms with Gasteiger partial charge in [-0.3, -0.25) is 4.99 Å². The molecule has 0 spiro atoms. The number of nitrogens with zero attached hydrogens (tertiary/aromatic N) is 1. The Kier molecular flexibility index (Phi) is 4.69. The molecule has 0 aromatic rings. The SMILES string of the molecule is CCNC(=NCC1(C2CC2)CC1)NC1CC2CCC1O2.I. The van der Waals surface area contributed by atoms with Crippen molar-refractivity contribution in [3.8, 4) is 0 Å². The van der Waals surface area contributed by atoms with E-state index in [2.05, 4.69) is 17.6 Å². The van der Waals surface area contributed by atoms with E-state index in [0.717, 1.165) is 31.4 Å². The first-order valence-corrected chi connectivity index (χ1v) is 8.49. The van der Waals surface area contributed by atoms with Crippen LogP contribution in [0.2, 0.25) is 0 Å². The first kappa shape index (κ1) is 15.8. The van der Waals surface area contributed by atoms with Gasteiger partial charge in [0.2, 0.25) is 0 Å². The van der Waals surface area contributed by atoms with E-state index in [1.807, 2.05) is 0 Å². The summed E-state index contributed by atoms with van der Waals surface area (Å²) in [5, 5.41) is 7.03. The highest BCUT2D eigenvalue weighted by atomic mass is 127. The Morgan fingerprint density at radius 2 is 2.05 bits per heavy atom. The van der Waals surface area contributed by atoms with Crippen LogP contribution in [0.5, 0.6) is 0 Å². The highest BCUT2D eigenvalue weighted by Crippen LogP contribution is 2.61. The zero-order chi connectivity index (χ0) is 13.6. The summed E-state index contributed by atoms with van der Waals surface area (Å²) in [5.41, 5.74) is 0.591. The molecule has 4 nitrogen and oxygen atoms in total. The van der Waals surface area contributed by atoms with Gasteiger partial charge in [-0.15, -0.1) is 24.0 Å². The summed E-state index contributed by atoms with van der Waals surface area (Å²) in [7, 11) is 0. The van der Waals surface area contributed by atoms with Gasteiger partial charge >= 0.3 is 0 Å². The van der Waals surface area contributed by atoms with Gasteiger partial charge in [-0.1, -0.05) is 0 Å². The number of rotatable bonds is 5. The van der Waals surface area contributed by atoms with E-state index >= 15 is 0 Å². The van der Waals surface area contributed by atoms with Crippen LogP contribution in [0.1, 0.15) is 51.9 Å². The number of halogens is 1. The van der Waals surface area contributed by atoms with Crippen LogP contribution < -0.4 is 10.6 Å². The molecule has 2 bridgehead atoms. The summed E-state index contributed by atoms with van der Waals surface area (Å²) in [4.78, 5) is 4.89. The highest BCUT2D eigenvalue weighted by Gasteiger charge is 2.53. The van der Waals surface area contributed by atoms with Gasteiger partial charge in [0.25, 0.3) is 0 Å². The smallest absolute Gasteiger partial charge is 0.191 e. The quantitative estimate of drug-likeness (QED) is 0.420. The van der Waals surface area contributed by atoms with Crippen molar-refractivity contribution in [1.29, 1.82) is 0 Å². The second-order valence-corrected chi connectivity index (χ2v) is 7.19. The molecule has 4 rings (SSSR count). The maximum Gasteiger partial charge on any atom is 0.191 e. The Hall–Kier alpha value is -0.0400. The summed E-state index contributed by atoms with van der Waals surface area (Å²) in [6.45, 7) is 4.10. The highest BCUT2D eigenvalue weighted by molar-refractivity contribution is 14.0. The van der Waals surface area contributed by atoms with Gasteiger partial charge < -0.3 is 15.4 Å². The lowest BCUT2D eigenvalue weighted by Gasteiger charge is -2.23. The Labute approximate surface area is 144 Å². The van der Waals surface area contributed by atoms with Gasteiger partial charge in [0.1, 0.15) is 0 Å². The molecule has 2 aliphatic heterocycles. The van der Waals surface area contributed by atoms with E-state index in [4.69, 9.17) is 9.73 Å². The third-order valence-corrected chi connectivity index (χ3v) is 5.66. The van der Waals surface area contributed by atoms with E-state index in [0.29, 0.717) is 23.7 Å². The maximum absolute atomic E-state index is 5.92. The zero-order valence-electron chi connectivity index (χ0n) is 12.9. The summed E-state index contributed by atoms with van der Waals surface area (Å²) < 4.78 is 5.92. The third kappa shape index (κ3) is 3.33. The van der Waals surface area contributed by atoms with E-state index in [-0.39, 0.29) is 24.0 Å². The monoisotopic (exact) mass is 405 g/mol. The molecule has 2 saturated heterocycles. The molecule has 2 aliphatic carbocycles. The number of aliphatic imine (C=N–C) groups is 1. The summed E-state index contributed by atoms with van der Waals surface area (Å²) >= 11 is 0. The molecule has 2 heterocycles. The summed E-state index contributed by atoms with van der Waals surface area (Å²) in [6, 6.07) is 0.475. The molecule has 0 radical (unpaired) electrons. The Bertz CT molecular complexity index is 406. The second-order valence-electron chi connectivity index (χ2n) is 7.19. The molecule has 3 atom stereocenters. The molecular weight excluding hydrogens is 377 g/mol. The van der Waals surface area contributed by atoms with E-state index in [9.17, 15) is 0 Å². The average molecular weight is 405 g/mol. The molecule has 120 valence electrons. The Morgan fingerprint density at radius 1 is 1.24 bits per heavy atom. The van der Waals surface area contributed by atoms with Crippen molar-refractivity contribution in [3.63, 3.8) is 0 Å². The number of ether oxygens (including phenoxy) is 1. The first-order chi connectivity index (χ1) is 9.79. The number of fused-ring (bicyclic) bond motifs is 2. The van der Waals surface area contributed by atoms with E-state index in [1.165, 1.54) is 38.5 Å². The number of guanidine groups is 1. The Balaban J connectivity index is 0.00000132. The van der Waals surface area contributed by atoms with Crippen LogP contribution >= 0.6 is 24.0 Å². The molecule has 21 heavy (non-hydrogen) atoms. The average Bonchev–Trinajstić information content (AvgIpc) is 3.35. The summed E-state index contributed by atoms with van der Waals surface area (Å²) in [6.07, 6.45) is 10.2. The molecule has 5 heteroatoms. The van der Waals surface area contributed by atoms with Gasteiger partial charge in [0.05, 0.1) is 18.2 Å². The van der Waals surface area contributed by atoms with Crippen LogP contribution in [0.25, 0.3) is 0 Å². The van der Waals surface area contributed by atoms with Crippen LogP contribution in [0.3, 0.4) is 0 Å². The van der Waals surface area contributed by atoms with Crippen LogP contribution in [0.15, 0.2) is 4.99 Å². The minimum absolute atomic E-state index is 0. The van der Waals surface area contributed by atoms with Crippen molar-refractivity contribution in [2.75, 3.05) is 13.1 Å². The predicted octanol–water partition coefficient (Wildman–Crippen LogP) is 2.67. The standard InChI is InChI=1S/C16H27N3O.HI/c1-2-17-15(18-10-16(7-8-16)11-3-4-11)19-13-9-12-5-6-14(13)20-12;/h11-14H,2-10H2,1H3,(H2,17,18,19);1H. The lowest BCUT2D eigenvalue weighted by atomic mass is 9.96. The van der Waals surface area contributed by atoms with Crippen molar-refractivity contribution in [2.45, 2.75) is 70.1 Å². The number of hydrogen-bond acceptors (Lipinski definition) is 2. The second kappa shape index (κ2) is 6.22. The zero-order valence-corrected chi connectivity index (χ0v) is 15.3. The molecule has 4 fully saturated rings. The van der Waals surface area contributed by atoms with Gasteiger partial charge in [-0.2, -0.15) is 0 Å². The van der Waals surface area contributed by atoms with Gasteiger partial charge in [-0.05, 0) is 63.2 Å². The molecule has 0 amide bonds. The van der Waals surface area contributed by atoms with Crippen LogP contribution in [-0.4, -0.2) is 37.3 Å². The molecular formula is C16H28IN3O. The maximum atomic E-state index is 5.92. The van der Waals surface area contributed by atoms with E-state index in [1.54, 1.807) is 0 Å². The Morgan fingerprint density at radius 3 is 2.57 bits per heavy atom. The van der Waals surface area contributed by atoms with Crippen LogP contribution in [-0.2, 0) is 4.74 Å². The van der Waals surface area contributed by atoms with Gasteiger partial charge in [0.15, 0.2) is 5.96 Å². The van der Waals surface area contributed by atoms with Crippen LogP contribution in [0.4, 0.5) is 0 Å². The fraction of sp³-hybridized carbons (Fsp3) is 0.938. The molecule has 3 unspecified atom stereocenters. The molecule has 4 aliphatic rings. The van der Waals surface area contributed by atoms with Crippen molar-refractivity contribution >= 4 is 29.9 Å². The normalized spacial score (nSPS) is 36.2. The van der Waals surface area contributed by atoms with Crippen molar-refractivity contribution < 1.29 is 4.74 Å². The first-order valence-electron chi connectivity index (χ1n) is 8.49. The van der Waals surface area contributed by atoms with Gasteiger partial charge in [0, 0.05) is 13.1 Å². The number of nitrogens with one attached hydrogen (secondary N) is 2. The van der Waals surface area contributed by atoms with Crippen molar-refractivity contribution in [2.24, 2.45) is 16.3 Å². The van der Waals surface area contributed by atoms with Gasteiger partial charge in [-0.25, -0.2) is 0 Å². The molecule has 2 saturated carbocycles. The van der Waals surface area contributed by atoms with Crippen molar-refractivity contribution in [1.82, 2.24) is 10.6 Å². The number of hydrogen-bond donors (Lipinski definition) is 2. The minimum Gasteiger partial charge on any atom is -0.373 e. The predicted molar refractivity (Wildman–Crippen MR) is 95.2 cm³/mol. The lowest BCUT2D eigenvalue weighted by molar-refractivity contribution is 0.0992. The lowest BCUT2D eigenvalue weighted by Crippen LogP contribution is -2.47. The third-order valence-electron chi connectivity index (χ3n) is 5.66. The molecule has 2 N–H and O–H groups in total. The largest absolute Gasteiger partial charge is 0.373 e. The minimum atomic E-state index is 0. The fourth-order valence-electron chi connectivity index (χ4n) is 4.07. The fourth-order valence-corrected chi connectivity index (χ4v) is 4.07. The summed E-state index contributed by atoms with van der Waals surface area (Å²) in [5.74, 6) is 2.00. The topological polar surface area (TPSA) is 45.7 Å². The van der Waals surface area contributed by atoms with Crippen molar-refractivity contribution in [3.05, 3.63) is 0 Å².